The summed E-state index contributed by atoms with van der Waals surface area (Å²) in [6.07, 6.45) is 78.2. The average molecular weight is 988 g/mol. The van der Waals surface area contributed by atoms with Crippen molar-refractivity contribution >= 4 is 17.9 Å². The molecule has 0 fully saturated rings. The molecule has 1 atom stereocenters. The first kappa shape index (κ1) is 67.3. The van der Waals surface area contributed by atoms with E-state index in [0.29, 0.717) is 19.3 Å². The zero-order valence-corrected chi connectivity index (χ0v) is 46.5. The van der Waals surface area contributed by atoms with Gasteiger partial charge in [-0.2, -0.15) is 0 Å². The molecule has 0 aliphatic carbocycles. The molecule has 0 rings (SSSR count). The molecule has 0 spiro atoms. The molecule has 0 aromatic carbocycles. The summed E-state index contributed by atoms with van der Waals surface area (Å²) < 4.78 is 16.9. The van der Waals surface area contributed by atoms with Crippen LogP contribution in [0.4, 0.5) is 0 Å². The first-order valence-corrected chi connectivity index (χ1v) is 29.8. The zero-order chi connectivity index (χ0) is 51.4. The van der Waals surface area contributed by atoms with E-state index in [1.807, 2.05) is 0 Å². The molecule has 1 unspecified atom stereocenters. The van der Waals surface area contributed by atoms with E-state index < -0.39 is 6.10 Å². The van der Waals surface area contributed by atoms with Gasteiger partial charge < -0.3 is 14.2 Å². The van der Waals surface area contributed by atoms with Crippen LogP contribution < -0.4 is 0 Å². The van der Waals surface area contributed by atoms with Gasteiger partial charge in [-0.15, -0.1) is 0 Å². The van der Waals surface area contributed by atoms with Crippen LogP contribution in [-0.2, 0) is 28.6 Å². The number of hydrogen-bond acceptors (Lipinski definition) is 6. The van der Waals surface area contributed by atoms with E-state index in [2.05, 4.69) is 118 Å². The van der Waals surface area contributed by atoms with Gasteiger partial charge in [-0.3, -0.25) is 14.4 Å². The molecule has 0 aliphatic rings. The summed E-state index contributed by atoms with van der Waals surface area (Å²) in [5.74, 6) is -0.924. The Balaban J connectivity index is 4.45. The monoisotopic (exact) mass is 987 g/mol. The molecular formula is C65H110O6. The van der Waals surface area contributed by atoms with Crippen molar-refractivity contribution < 1.29 is 28.6 Å². The second-order valence-electron chi connectivity index (χ2n) is 19.6. The maximum atomic E-state index is 12.9. The molecule has 0 saturated carbocycles. The number of carbonyl (C=O) groups is 3. The van der Waals surface area contributed by atoms with E-state index >= 15 is 0 Å². The minimum atomic E-state index is -0.797. The fourth-order valence-corrected chi connectivity index (χ4v) is 8.17. The van der Waals surface area contributed by atoms with E-state index in [1.165, 1.54) is 128 Å². The predicted molar refractivity (Wildman–Crippen MR) is 307 cm³/mol. The largest absolute Gasteiger partial charge is 0.462 e. The zero-order valence-electron chi connectivity index (χ0n) is 46.5. The van der Waals surface area contributed by atoms with E-state index in [0.717, 1.165) is 109 Å². The van der Waals surface area contributed by atoms with Gasteiger partial charge in [-0.25, -0.2) is 0 Å². The van der Waals surface area contributed by atoms with Crippen molar-refractivity contribution in [3.8, 4) is 0 Å². The molecule has 0 aliphatic heterocycles. The van der Waals surface area contributed by atoms with Crippen molar-refractivity contribution in [3.63, 3.8) is 0 Å². The molecule has 71 heavy (non-hydrogen) atoms. The standard InChI is InChI=1S/C65H110O6/c1-4-7-10-13-16-19-22-25-28-31-33-35-37-40-43-46-49-52-55-58-64(67)70-61-62(60-69-63(66)57-54-51-48-45-42-39-36-30-27-24-21-18-15-12-9-6-3)71-65(68)59-56-53-50-47-44-41-38-34-32-29-26-23-20-17-14-11-8-5-2/h7,10,16-17,19-20,23,25-26,28-30,32,34,36,38,62H,4-6,8-9,11-15,18,21-22,24,27,31,33,35,37,39-61H2,1-3H3/b10-7-,19-16-,20-17-,26-23-,28-25-,32-29-,36-30-,38-34-. The van der Waals surface area contributed by atoms with Gasteiger partial charge in [0, 0.05) is 19.3 Å². The average Bonchev–Trinajstić information content (AvgIpc) is 3.37. The van der Waals surface area contributed by atoms with E-state index in [-0.39, 0.29) is 31.1 Å². The van der Waals surface area contributed by atoms with Gasteiger partial charge in [0.15, 0.2) is 6.10 Å². The van der Waals surface area contributed by atoms with Crippen LogP contribution >= 0.6 is 0 Å². The second-order valence-corrected chi connectivity index (χ2v) is 19.6. The minimum absolute atomic E-state index is 0.0930. The smallest absolute Gasteiger partial charge is 0.306 e. The number of rotatable bonds is 53. The lowest BCUT2D eigenvalue weighted by Gasteiger charge is -2.18. The molecule has 0 aromatic rings. The summed E-state index contributed by atoms with van der Waals surface area (Å²) in [5.41, 5.74) is 0. The first-order chi connectivity index (χ1) is 35.0. The lowest BCUT2D eigenvalue weighted by Crippen LogP contribution is -2.30. The Morgan fingerprint density at radius 2 is 0.606 bits per heavy atom. The van der Waals surface area contributed by atoms with Crippen molar-refractivity contribution in [2.45, 2.75) is 284 Å². The van der Waals surface area contributed by atoms with Gasteiger partial charge in [0.25, 0.3) is 0 Å². The Bertz CT molecular complexity index is 1410. The molecule has 0 N–H and O–H groups in total. The molecule has 6 nitrogen and oxygen atoms in total. The van der Waals surface area contributed by atoms with Gasteiger partial charge in [-0.1, -0.05) is 253 Å². The predicted octanol–water partition coefficient (Wildman–Crippen LogP) is 20.1. The normalized spacial score (nSPS) is 12.8. The molecule has 406 valence electrons. The van der Waals surface area contributed by atoms with Crippen LogP contribution in [0.25, 0.3) is 0 Å². The van der Waals surface area contributed by atoms with Crippen molar-refractivity contribution in [1.29, 1.82) is 0 Å². The van der Waals surface area contributed by atoms with Crippen molar-refractivity contribution in [2.24, 2.45) is 0 Å². The highest BCUT2D eigenvalue weighted by Gasteiger charge is 2.19. The number of esters is 3. The maximum absolute atomic E-state index is 12.9. The molecule has 0 amide bonds. The topological polar surface area (TPSA) is 78.9 Å². The Kier molecular flexibility index (Phi) is 55.9. The fourth-order valence-electron chi connectivity index (χ4n) is 8.17. The Hall–Kier alpha value is -3.67. The second kappa shape index (κ2) is 58.9. The molecule has 6 heteroatoms. The number of hydrogen-bond donors (Lipinski definition) is 0. The maximum Gasteiger partial charge on any atom is 0.306 e. The number of unbranched alkanes of at least 4 members (excludes halogenated alkanes) is 29. The van der Waals surface area contributed by atoms with Gasteiger partial charge in [0.2, 0.25) is 0 Å². The van der Waals surface area contributed by atoms with E-state index in [4.69, 9.17) is 14.2 Å². The molecule has 0 aromatic heterocycles. The molecule has 0 bridgehead atoms. The van der Waals surface area contributed by atoms with Crippen molar-refractivity contribution in [2.75, 3.05) is 13.2 Å². The van der Waals surface area contributed by atoms with E-state index in [1.54, 1.807) is 0 Å². The van der Waals surface area contributed by atoms with Gasteiger partial charge in [-0.05, 0) is 103 Å². The number of allylic oxidation sites excluding steroid dienone is 16. The van der Waals surface area contributed by atoms with Crippen LogP contribution in [0.5, 0.6) is 0 Å². The third-order valence-electron chi connectivity index (χ3n) is 12.6. The van der Waals surface area contributed by atoms with Crippen LogP contribution in [-0.4, -0.2) is 37.2 Å². The van der Waals surface area contributed by atoms with Crippen molar-refractivity contribution in [1.82, 2.24) is 0 Å². The summed E-state index contributed by atoms with van der Waals surface area (Å²) in [5, 5.41) is 0. The Morgan fingerprint density at radius 1 is 0.310 bits per heavy atom. The lowest BCUT2D eigenvalue weighted by molar-refractivity contribution is -0.167. The van der Waals surface area contributed by atoms with E-state index in [9.17, 15) is 14.4 Å². The summed E-state index contributed by atoms with van der Waals surface area (Å²) in [7, 11) is 0. The minimum Gasteiger partial charge on any atom is -0.462 e. The summed E-state index contributed by atoms with van der Waals surface area (Å²) in [6.45, 7) is 6.47. The number of carbonyl (C=O) groups excluding carboxylic acids is 3. The summed E-state index contributed by atoms with van der Waals surface area (Å²) in [6, 6.07) is 0. The van der Waals surface area contributed by atoms with Crippen LogP contribution in [0.2, 0.25) is 0 Å². The third-order valence-corrected chi connectivity index (χ3v) is 12.6. The van der Waals surface area contributed by atoms with Crippen molar-refractivity contribution in [3.05, 3.63) is 97.2 Å². The fraction of sp³-hybridized carbons (Fsp3) is 0.708. The Labute approximate surface area is 438 Å². The first-order valence-electron chi connectivity index (χ1n) is 29.8. The highest BCUT2D eigenvalue weighted by atomic mass is 16.6. The van der Waals surface area contributed by atoms with Crippen LogP contribution in [0.15, 0.2) is 97.2 Å². The van der Waals surface area contributed by atoms with Gasteiger partial charge >= 0.3 is 17.9 Å². The third kappa shape index (κ3) is 57.1. The Morgan fingerprint density at radius 3 is 1.03 bits per heavy atom. The summed E-state index contributed by atoms with van der Waals surface area (Å²) in [4.78, 5) is 38.2. The molecule has 0 saturated heterocycles. The number of ether oxygens (including phenoxy) is 3. The SMILES string of the molecule is CC/C=C\C/C=C\C/C=C\CCCCCCCCCCCC(=O)OCC(COC(=O)CCCCCCC/C=C\CCCCCCCCC)OC(=O)CCCCCCC\C=C/C=C\C=C/C=C\CCCCC. The highest BCUT2D eigenvalue weighted by molar-refractivity contribution is 5.71. The van der Waals surface area contributed by atoms with Gasteiger partial charge in [0.1, 0.15) is 13.2 Å². The van der Waals surface area contributed by atoms with Gasteiger partial charge in [0.05, 0.1) is 0 Å². The molecular weight excluding hydrogens is 877 g/mol. The summed E-state index contributed by atoms with van der Waals surface area (Å²) >= 11 is 0. The van der Waals surface area contributed by atoms with Crippen LogP contribution in [0.1, 0.15) is 278 Å². The molecule has 0 radical (unpaired) electrons. The highest BCUT2D eigenvalue weighted by Crippen LogP contribution is 2.15. The van der Waals surface area contributed by atoms with Crippen LogP contribution in [0.3, 0.4) is 0 Å². The van der Waals surface area contributed by atoms with Crippen LogP contribution in [0, 0.1) is 0 Å². The lowest BCUT2D eigenvalue weighted by atomic mass is 10.1. The molecule has 0 heterocycles. The quantitative estimate of drug-likeness (QED) is 0.0199.